The zero-order valence-electron chi connectivity index (χ0n) is 13.8. The zero-order valence-corrected chi connectivity index (χ0v) is 15.5. The normalized spacial score (nSPS) is 15.8. The molecule has 0 atom stereocenters. The van der Waals surface area contributed by atoms with E-state index in [0.717, 1.165) is 16.2 Å². The maximum Gasteiger partial charge on any atom is 0.246 e. The van der Waals surface area contributed by atoms with Crippen molar-refractivity contribution in [3.05, 3.63) is 56.9 Å². The summed E-state index contributed by atoms with van der Waals surface area (Å²) in [5.41, 5.74) is 0. The number of rotatable bonds is 4. The molecule has 0 radical (unpaired) electrons. The van der Waals surface area contributed by atoms with Gasteiger partial charge in [0.05, 0.1) is 0 Å². The molecule has 1 aliphatic rings. The Hall–Kier alpha value is -2.18. The Labute approximate surface area is 155 Å². The van der Waals surface area contributed by atoms with Gasteiger partial charge in [0, 0.05) is 48.1 Å². The van der Waals surface area contributed by atoms with E-state index >= 15 is 0 Å². The maximum absolute atomic E-state index is 12.3. The average Bonchev–Trinajstić information content (AvgIpc) is 3.27. The fraction of sp³-hybridized carbons (Fsp3) is 0.263. The van der Waals surface area contributed by atoms with Crippen LogP contribution in [0.5, 0.6) is 0 Å². The fourth-order valence-electron chi connectivity index (χ4n) is 2.65. The summed E-state index contributed by atoms with van der Waals surface area (Å²) >= 11 is 3.21. The predicted molar refractivity (Wildman–Crippen MR) is 104 cm³/mol. The minimum atomic E-state index is 0.0110. The van der Waals surface area contributed by atoms with Gasteiger partial charge in [-0.05, 0) is 41.5 Å². The van der Waals surface area contributed by atoms with Gasteiger partial charge in [-0.1, -0.05) is 12.1 Å². The lowest BCUT2D eigenvalue weighted by molar-refractivity contribution is -0.128. The summed E-state index contributed by atoms with van der Waals surface area (Å²) in [6.07, 6.45) is 7.76. The topological polar surface area (TPSA) is 40.6 Å². The Bertz CT molecular complexity index is 684. The van der Waals surface area contributed by atoms with Crippen LogP contribution in [0.3, 0.4) is 0 Å². The van der Waals surface area contributed by atoms with E-state index in [1.807, 2.05) is 57.0 Å². The molecule has 0 saturated carbocycles. The third-order valence-corrected chi connectivity index (χ3v) is 5.66. The third-order valence-electron chi connectivity index (χ3n) is 3.99. The molecule has 2 aromatic rings. The van der Waals surface area contributed by atoms with Crippen LogP contribution < -0.4 is 0 Å². The molecule has 1 saturated heterocycles. The van der Waals surface area contributed by atoms with Gasteiger partial charge in [-0.25, -0.2) is 0 Å². The molecule has 1 fully saturated rings. The summed E-state index contributed by atoms with van der Waals surface area (Å²) in [6, 6.07) is 7.90. The fourth-order valence-corrected chi connectivity index (χ4v) is 3.88. The van der Waals surface area contributed by atoms with E-state index in [9.17, 15) is 9.59 Å². The number of hydrogen-bond acceptors (Lipinski definition) is 4. The van der Waals surface area contributed by atoms with Crippen LogP contribution in [0.25, 0.3) is 12.2 Å². The highest BCUT2D eigenvalue weighted by molar-refractivity contribution is 7.11. The second kappa shape index (κ2) is 8.78. The van der Waals surface area contributed by atoms with Crippen molar-refractivity contribution in [2.45, 2.75) is 6.42 Å². The molecule has 6 heteroatoms. The van der Waals surface area contributed by atoms with E-state index in [1.165, 1.54) is 0 Å². The van der Waals surface area contributed by atoms with Gasteiger partial charge in [-0.15, -0.1) is 22.7 Å². The van der Waals surface area contributed by atoms with Gasteiger partial charge in [-0.3, -0.25) is 9.59 Å². The molecule has 3 rings (SSSR count). The van der Waals surface area contributed by atoms with E-state index in [2.05, 4.69) is 0 Å². The summed E-state index contributed by atoms with van der Waals surface area (Å²) in [5, 5.41) is 3.98. The van der Waals surface area contributed by atoms with Gasteiger partial charge in [0.25, 0.3) is 0 Å². The van der Waals surface area contributed by atoms with Gasteiger partial charge in [0.15, 0.2) is 0 Å². The number of nitrogens with zero attached hydrogens (tertiary/aromatic N) is 2. The second-order valence-corrected chi connectivity index (χ2v) is 7.66. The lowest BCUT2D eigenvalue weighted by Crippen LogP contribution is -2.36. The maximum atomic E-state index is 12.3. The van der Waals surface area contributed by atoms with Crippen LogP contribution in [-0.2, 0) is 9.59 Å². The minimum absolute atomic E-state index is 0.0110. The Morgan fingerprint density at radius 2 is 1.28 bits per heavy atom. The van der Waals surface area contributed by atoms with Crippen LogP contribution >= 0.6 is 22.7 Å². The van der Waals surface area contributed by atoms with E-state index in [-0.39, 0.29) is 11.8 Å². The van der Waals surface area contributed by atoms with Crippen LogP contribution in [0, 0.1) is 0 Å². The van der Waals surface area contributed by atoms with Crippen LogP contribution in [0.2, 0.25) is 0 Å². The Morgan fingerprint density at radius 3 is 1.68 bits per heavy atom. The van der Waals surface area contributed by atoms with Crippen molar-refractivity contribution in [1.29, 1.82) is 0 Å². The predicted octanol–water partition coefficient (Wildman–Crippen LogP) is 3.60. The van der Waals surface area contributed by atoms with Gasteiger partial charge in [0.2, 0.25) is 11.8 Å². The summed E-state index contributed by atoms with van der Waals surface area (Å²) in [7, 11) is 0. The number of carbonyl (C=O) groups excluding carboxylic acids is 2. The highest BCUT2D eigenvalue weighted by Gasteiger charge is 2.19. The summed E-state index contributed by atoms with van der Waals surface area (Å²) < 4.78 is 0. The highest BCUT2D eigenvalue weighted by atomic mass is 32.1. The standard InChI is InChI=1S/C19H20N2O2S2/c22-18(8-6-16-4-1-14-24-16)20-10-3-11-21(13-12-20)19(23)9-7-17-5-2-15-25-17/h1-2,4-9,14-15H,3,10-13H2/b8-6-,9-7-. The molecule has 4 nitrogen and oxygen atoms in total. The van der Waals surface area contributed by atoms with Crippen molar-refractivity contribution in [2.75, 3.05) is 26.2 Å². The largest absolute Gasteiger partial charge is 0.337 e. The van der Waals surface area contributed by atoms with Crippen molar-refractivity contribution in [2.24, 2.45) is 0 Å². The van der Waals surface area contributed by atoms with Crippen LogP contribution in [0.1, 0.15) is 16.2 Å². The first-order valence-corrected chi connectivity index (χ1v) is 9.99. The first kappa shape index (κ1) is 17.6. The molecule has 0 spiro atoms. The molecular weight excluding hydrogens is 352 g/mol. The van der Waals surface area contributed by atoms with Crippen LogP contribution in [0.15, 0.2) is 47.2 Å². The first-order chi connectivity index (χ1) is 12.2. The SMILES string of the molecule is O=C(/C=C\c1cccs1)N1CCCN(C(=O)/C=C\c2cccs2)CC1. The van der Waals surface area contributed by atoms with E-state index in [0.29, 0.717) is 26.2 Å². The molecule has 0 unspecified atom stereocenters. The van der Waals surface area contributed by atoms with Gasteiger partial charge < -0.3 is 9.80 Å². The molecule has 3 heterocycles. The molecule has 0 aromatic carbocycles. The molecular formula is C19H20N2O2S2. The van der Waals surface area contributed by atoms with Crippen molar-refractivity contribution < 1.29 is 9.59 Å². The quantitative estimate of drug-likeness (QED) is 0.770. The lowest BCUT2D eigenvalue weighted by atomic mass is 10.3. The average molecular weight is 373 g/mol. The number of carbonyl (C=O) groups is 2. The molecule has 25 heavy (non-hydrogen) atoms. The lowest BCUT2D eigenvalue weighted by Gasteiger charge is -2.20. The minimum Gasteiger partial charge on any atom is -0.337 e. The van der Waals surface area contributed by atoms with E-state index in [4.69, 9.17) is 0 Å². The van der Waals surface area contributed by atoms with E-state index in [1.54, 1.807) is 34.8 Å². The summed E-state index contributed by atoms with van der Waals surface area (Å²) in [6.45, 7) is 2.52. The van der Waals surface area contributed by atoms with Gasteiger partial charge in [0.1, 0.15) is 0 Å². The summed E-state index contributed by atoms with van der Waals surface area (Å²) in [5.74, 6) is 0.0219. The van der Waals surface area contributed by atoms with Crippen molar-refractivity contribution in [3.63, 3.8) is 0 Å². The Balaban J connectivity index is 1.53. The van der Waals surface area contributed by atoms with Crippen molar-refractivity contribution >= 4 is 46.6 Å². The molecule has 130 valence electrons. The number of thiophene rings is 2. The van der Waals surface area contributed by atoms with Crippen LogP contribution in [0.4, 0.5) is 0 Å². The molecule has 2 amide bonds. The number of hydrogen-bond donors (Lipinski definition) is 0. The second-order valence-electron chi connectivity index (χ2n) is 5.70. The first-order valence-electron chi connectivity index (χ1n) is 8.23. The highest BCUT2D eigenvalue weighted by Crippen LogP contribution is 2.13. The Morgan fingerprint density at radius 1 is 0.800 bits per heavy atom. The van der Waals surface area contributed by atoms with Crippen molar-refractivity contribution in [3.8, 4) is 0 Å². The molecule has 2 aromatic heterocycles. The smallest absolute Gasteiger partial charge is 0.246 e. The number of amides is 2. The molecule has 0 N–H and O–H groups in total. The third kappa shape index (κ3) is 5.14. The zero-order chi connectivity index (χ0) is 17.5. The molecule has 0 aliphatic carbocycles. The monoisotopic (exact) mass is 372 g/mol. The van der Waals surface area contributed by atoms with Crippen LogP contribution in [-0.4, -0.2) is 47.8 Å². The van der Waals surface area contributed by atoms with Crippen molar-refractivity contribution in [1.82, 2.24) is 9.80 Å². The Kier molecular flexibility index (Phi) is 6.19. The van der Waals surface area contributed by atoms with Gasteiger partial charge in [-0.2, -0.15) is 0 Å². The molecule has 1 aliphatic heterocycles. The van der Waals surface area contributed by atoms with E-state index < -0.39 is 0 Å². The summed E-state index contributed by atoms with van der Waals surface area (Å²) in [4.78, 5) is 30.4. The van der Waals surface area contributed by atoms with Gasteiger partial charge >= 0.3 is 0 Å². The molecule has 0 bridgehead atoms.